The topological polar surface area (TPSA) is 75.3 Å². The highest BCUT2D eigenvalue weighted by atomic mass is 32.1. The summed E-state index contributed by atoms with van der Waals surface area (Å²) in [7, 11) is 0. The highest BCUT2D eigenvalue weighted by Gasteiger charge is 2.18. The second-order valence-electron chi connectivity index (χ2n) is 8.02. The molecule has 0 unspecified atom stereocenters. The lowest BCUT2D eigenvalue weighted by molar-refractivity contribution is 0.0922. The number of benzene rings is 2. The van der Waals surface area contributed by atoms with E-state index in [2.05, 4.69) is 20.9 Å². The molecule has 0 spiro atoms. The van der Waals surface area contributed by atoms with Gasteiger partial charge in [-0.1, -0.05) is 25.3 Å². The Bertz CT molecular complexity index is 1190. The smallest absolute Gasteiger partial charge is 0.270 e. The molecule has 0 aliphatic heterocycles. The number of thiocarbonyl (C=S) groups is 1. The molecule has 34 heavy (non-hydrogen) atoms. The molecule has 6 nitrogen and oxygen atoms in total. The molecule has 1 aliphatic rings. The minimum absolute atomic E-state index is 0.194. The Labute approximate surface area is 201 Å². The number of carbonyl (C=O) groups is 1. The normalized spacial score (nSPS) is 13.7. The molecule has 1 amide bonds. The number of amides is 1. The lowest BCUT2D eigenvalue weighted by atomic mass is 9.95. The predicted molar refractivity (Wildman–Crippen MR) is 131 cm³/mol. The molecular formula is C25H24F2N4O2S. The first-order valence-electron chi connectivity index (χ1n) is 11.0. The third-order valence-electron chi connectivity index (χ3n) is 5.41. The van der Waals surface area contributed by atoms with Crippen LogP contribution in [0.2, 0.25) is 0 Å². The van der Waals surface area contributed by atoms with Crippen LogP contribution in [0.15, 0.2) is 60.8 Å². The summed E-state index contributed by atoms with van der Waals surface area (Å²) in [5.41, 5.74) is 1.25. The second kappa shape index (κ2) is 11.0. The van der Waals surface area contributed by atoms with Gasteiger partial charge in [0.15, 0.2) is 16.7 Å². The molecule has 1 fully saturated rings. The van der Waals surface area contributed by atoms with Crippen molar-refractivity contribution in [3.8, 4) is 11.5 Å². The number of hydrogen-bond donors (Lipinski definition) is 3. The highest BCUT2D eigenvalue weighted by molar-refractivity contribution is 7.80. The van der Waals surface area contributed by atoms with E-state index in [4.69, 9.17) is 17.0 Å². The lowest BCUT2D eigenvalue weighted by Crippen LogP contribution is -2.36. The summed E-state index contributed by atoms with van der Waals surface area (Å²) in [4.78, 5) is 16.8. The molecule has 4 rings (SSSR count). The molecular weight excluding hydrogens is 458 g/mol. The molecule has 1 aliphatic carbocycles. The number of carbonyl (C=O) groups excluding carboxylic acids is 1. The molecule has 0 bridgehead atoms. The Balaban J connectivity index is 1.37. The summed E-state index contributed by atoms with van der Waals surface area (Å²) in [5, 5.41) is 9.03. The molecule has 3 N–H and O–H groups in total. The van der Waals surface area contributed by atoms with Crippen molar-refractivity contribution in [1.82, 2.24) is 10.3 Å². The molecule has 1 aromatic heterocycles. The van der Waals surface area contributed by atoms with Crippen LogP contribution in [0.5, 0.6) is 11.5 Å². The van der Waals surface area contributed by atoms with Gasteiger partial charge in [-0.15, -0.1) is 0 Å². The summed E-state index contributed by atoms with van der Waals surface area (Å²) in [6, 6.07) is 13.9. The Kier molecular flexibility index (Phi) is 7.64. The maximum Gasteiger partial charge on any atom is 0.270 e. The fraction of sp³-hybridized carbons (Fsp3) is 0.240. The van der Waals surface area contributed by atoms with E-state index in [-0.39, 0.29) is 17.1 Å². The van der Waals surface area contributed by atoms with Gasteiger partial charge in [0, 0.05) is 41.8 Å². The summed E-state index contributed by atoms with van der Waals surface area (Å²) in [6.07, 6.45) is 7.00. The van der Waals surface area contributed by atoms with Crippen LogP contribution in [0.25, 0.3) is 0 Å². The zero-order chi connectivity index (χ0) is 23.9. The number of anilines is 2. The molecule has 9 heteroatoms. The van der Waals surface area contributed by atoms with Crippen molar-refractivity contribution >= 4 is 34.6 Å². The molecule has 0 saturated heterocycles. The first kappa shape index (κ1) is 23.6. The van der Waals surface area contributed by atoms with Crippen molar-refractivity contribution in [1.29, 1.82) is 0 Å². The van der Waals surface area contributed by atoms with Crippen LogP contribution in [-0.2, 0) is 0 Å². The fourth-order valence-corrected chi connectivity index (χ4v) is 3.98. The summed E-state index contributed by atoms with van der Waals surface area (Å²) < 4.78 is 32.4. The molecule has 176 valence electrons. The van der Waals surface area contributed by atoms with Gasteiger partial charge < -0.3 is 20.7 Å². The number of pyridine rings is 1. The Hall–Kier alpha value is -3.59. The van der Waals surface area contributed by atoms with E-state index < -0.39 is 11.6 Å². The largest absolute Gasteiger partial charge is 0.457 e. The van der Waals surface area contributed by atoms with Gasteiger partial charge in [0.05, 0.1) is 0 Å². The second-order valence-corrected chi connectivity index (χ2v) is 8.43. The van der Waals surface area contributed by atoms with Crippen molar-refractivity contribution in [2.45, 2.75) is 38.1 Å². The van der Waals surface area contributed by atoms with Crippen LogP contribution >= 0.6 is 12.2 Å². The Morgan fingerprint density at radius 1 is 0.912 bits per heavy atom. The third-order valence-corrected chi connectivity index (χ3v) is 5.61. The molecule has 3 aromatic rings. The van der Waals surface area contributed by atoms with Crippen LogP contribution in [-0.4, -0.2) is 22.0 Å². The van der Waals surface area contributed by atoms with E-state index in [1.165, 1.54) is 18.7 Å². The summed E-state index contributed by atoms with van der Waals surface area (Å²) in [5.74, 6) is -1.11. The van der Waals surface area contributed by atoms with Gasteiger partial charge in [0.2, 0.25) is 0 Å². The number of aromatic nitrogens is 1. The van der Waals surface area contributed by atoms with Crippen molar-refractivity contribution < 1.29 is 18.3 Å². The van der Waals surface area contributed by atoms with Gasteiger partial charge >= 0.3 is 0 Å². The van der Waals surface area contributed by atoms with Gasteiger partial charge in [-0.3, -0.25) is 9.78 Å². The zero-order valence-corrected chi connectivity index (χ0v) is 19.1. The van der Waals surface area contributed by atoms with Gasteiger partial charge in [-0.2, -0.15) is 0 Å². The van der Waals surface area contributed by atoms with Crippen LogP contribution in [0.4, 0.5) is 20.2 Å². The minimum Gasteiger partial charge on any atom is -0.457 e. The van der Waals surface area contributed by atoms with Gasteiger partial charge in [-0.25, -0.2) is 8.78 Å². The van der Waals surface area contributed by atoms with Crippen LogP contribution in [0, 0.1) is 11.6 Å². The van der Waals surface area contributed by atoms with Crippen LogP contribution in [0.1, 0.15) is 42.6 Å². The molecule has 0 radical (unpaired) electrons. The summed E-state index contributed by atoms with van der Waals surface area (Å²) >= 11 is 5.25. The standard InChI is InChI=1S/C25H24F2N4O2S/c26-21-10-9-18(14-22(21)27)31-25(34)30-17-7-4-8-19(13-17)33-20-11-12-28-23(15-20)24(32)29-16-5-2-1-3-6-16/h4,7-16H,1-3,5-6H2,(H,29,32)(H2,30,31,34). The number of ether oxygens (including phenoxy) is 1. The fourth-order valence-electron chi connectivity index (χ4n) is 3.75. The van der Waals surface area contributed by atoms with E-state index in [1.54, 1.807) is 36.4 Å². The van der Waals surface area contributed by atoms with Gasteiger partial charge in [0.25, 0.3) is 5.91 Å². The number of halogens is 2. The molecule has 1 saturated carbocycles. The first-order valence-corrected chi connectivity index (χ1v) is 11.4. The average molecular weight is 483 g/mol. The van der Waals surface area contributed by atoms with E-state index >= 15 is 0 Å². The van der Waals surface area contributed by atoms with Crippen LogP contribution in [0.3, 0.4) is 0 Å². The number of hydrogen-bond acceptors (Lipinski definition) is 4. The van der Waals surface area contributed by atoms with Crippen LogP contribution < -0.4 is 20.7 Å². The minimum atomic E-state index is -0.965. The van der Waals surface area contributed by atoms with Gasteiger partial charge in [0.1, 0.15) is 17.2 Å². The zero-order valence-electron chi connectivity index (χ0n) is 18.3. The maximum atomic E-state index is 13.4. The van der Waals surface area contributed by atoms with Crippen molar-refractivity contribution in [2.75, 3.05) is 10.6 Å². The summed E-state index contributed by atoms with van der Waals surface area (Å²) in [6.45, 7) is 0. The van der Waals surface area contributed by atoms with Gasteiger partial charge in [-0.05, 0) is 55.4 Å². The van der Waals surface area contributed by atoms with Crippen molar-refractivity contribution in [3.63, 3.8) is 0 Å². The quantitative estimate of drug-likeness (QED) is 0.373. The van der Waals surface area contributed by atoms with Crippen molar-refractivity contribution in [2.24, 2.45) is 0 Å². The SMILES string of the molecule is O=C(NC1CCCCC1)c1cc(Oc2cccc(NC(=S)Nc3ccc(F)c(F)c3)c2)ccn1. The monoisotopic (exact) mass is 482 g/mol. The lowest BCUT2D eigenvalue weighted by Gasteiger charge is -2.22. The van der Waals surface area contributed by atoms with E-state index in [0.29, 0.717) is 28.6 Å². The number of nitrogens with zero attached hydrogens (tertiary/aromatic N) is 1. The number of nitrogens with one attached hydrogen (secondary N) is 3. The molecule has 1 heterocycles. The van der Waals surface area contributed by atoms with E-state index in [0.717, 1.165) is 37.8 Å². The number of rotatable bonds is 6. The maximum absolute atomic E-state index is 13.4. The first-order chi connectivity index (χ1) is 16.5. The predicted octanol–water partition coefficient (Wildman–Crippen LogP) is 6.02. The Morgan fingerprint density at radius 2 is 1.65 bits per heavy atom. The third kappa shape index (κ3) is 6.48. The van der Waals surface area contributed by atoms with E-state index in [9.17, 15) is 13.6 Å². The Morgan fingerprint density at radius 3 is 2.41 bits per heavy atom. The molecule has 0 atom stereocenters. The highest BCUT2D eigenvalue weighted by Crippen LogP contribution is 2.25. The molecule has 2 aromatic carbocycles. The van der Waals surface area contributed by atoms with Crippen molar-refractivity contribution in [3.05, 3.63) is 78.1 Å². The van der Waals surface area contributed by atoms with E-state index in [1.807, 2.05) is 0 Å². The average Bonchev–Trinajstić information content (AvgIpc) is 2.82.